The second-order valence-corrected chi connectivity index (χ2v) is 6.80. The number of para-hydroxylation sites is 1. The molecule has 0 bridgehead atoms. The Labute approximate surface area is 132 Å². The molecular formula is C16H17N3O2S. The van der Waals surface area contributed by atoms with Crippen LogP contribution in [0.15, 0.2) is 35.4 Å². The maximum atomic E-state index is 12.4. The van der Waals surface area contributed by atoms with Crippen molar-refractivity contribution in [2.75, 3.05) is 0 Å². The number of nitrogens with two attached hydrogens (primary N) is 1. The summed E-state index contributed by atoms with van der Waals surface area (Å²) in [6.07, 6.45) is 2.07. The zero-order chi connectivity index (χ0) is 15.7. The molecule has 0 saturated heterocycles. The van der Waals surface area contributed by atoms with Crippen LogP contribution in [0.1, 0.15) is 30.1 Å². The summed E-state index contributed by atoms with van der Waals surface area (Å²) in [6.45, 7) is 1.73. The molecule has 1 fully saturated rings. The molecule has 2 aromatic rings. The molecule has 0 spiro atoms. The molecule has 0 radical (unpaired) electrons. The summed E-state index contributed by atoms with van der Waals surface area (Å²) in [7, 11) is 0. The van der Waals surface area contributed by atoms with E-state index in [-0.39, 0.29) is 5.91 Å². The average molecular weight is 315 g/mol. The smallest absolute Gasteiger partial charge is 0.252 e. The lowest BCUT2D eigenvalue weighted by atomic mass is 10.1. The standard InChI is InChI=1S/C16H17N3O2S/c1-9(15(17)20)22-14-8-12(16(21)18-10-6-7-10)11-4-2-3-5-13(11)19-14/h2-5,8-10H,6-7H2,1H3,(H2,17,20)(H,18,21)/t9-/m0/s1. The number of rotatable bonds is 5. The van der Waals surface area contributed by atoms with Crippen molar-refractivity contribution in [3.8, 4) is 0 Å². The van der Waals surface area contributed by atoms with E-state index in [9.17, 15) is 9.59 Å². The van der Waals surface area contributed by atoms with Crippen LogP contribution in [0, 0.1) is 0 Å². The Morgan fingerprint density at radius 2 is 2.09 bits per heavy atom. The third-order valence-corrected chi connectivity index (χ3v) is 4.58. The topological polar surface area (TPSA) is 85.1 Å². The second kappa shape index (κ2) is 5.96. The van der Waals surface area contributed by atoms with Gasteiger partial charge in [0, 0.05) is 11.4 Å². The summed E-state index contributed by atoms with van der Waals surface area (Å²) in [5.41, 5.74) is 6.64. The summed E-state index contributed by atoms with van der Waals surface area (Å²) in [4.78, 5) is 28.2. The summed E-state index contributed by atoms with van der Waals surface area (Å²) >= 11 is 1.27. The maximum absolute atomic E-state index is 12.4. The summed E-state index contributed by atoms with van der Waals surface area (Å²) in [6, 6.07) is 9.54. The first-order chi connectivity index (χ1) is 10.5. The number of fused-ring (bicyclic) bond motifs is 1. The third kappa shape index (κ3) is 3.22. The highest BCUT2D eigenvalue weighted by atomic mass is 32.2. The highest BCUT2D eigenvalue weighted by Gasteiger charge is 2.25. The molecule has 1 aliphatic rings. The molecule has 1 saturated carbocycles. The van der Waals surface area contributed by atoms with Gasteiger partial charge < -0.3 is 11.1 Å². The lowest BCUT2D eigenvalue weighted by Gasteiger charge is -2.11. The number of hydrogen-bond acceptors (Lipinski definition) is 4. The number of aromatic nitrogens is 1. The average Bonchev–Trinajstić information content (AvgIpc) is 3.30. The fraction of sp³-hybridized carbons (Fsp3) is 0.312. The molecule has 1 aromatic carbocycles. The van der Waals surface area contributed by atoms with Gasteiger partial charge in [-0.3, -0.25) is 9.59 Å². The molecule has 6 heteroatoms. The van der Waals surface area contributed by atoms with E-state index in [0.717, 1.165) is 23.7 Å². The molecule has 1 aromatic heterocycles. The SMILES string of the molecule is C[C@H](Sc1cc(C(=O)NC2CC2)c2ccccc2n1)C(N)=O. The molecular weight excluding hydrogens is 298 g/mol. The fourth-order valence-electron chi connectivity index (χ4n) is 2.13. The first-order valence-electron chi connectivity index (χ1n) is 7.21. The van der Waals surface area contributed by atoms with Gasteiger partial charge in [0.15, 0.2) is 0 Å². The van der Waals surface area contributed by atoms with Crippen molar-refractivity contribution in [1.29, 1.82) is 0 Å². The van der Waals surface area contributed by atoms with Crippen molar-refractivity contribution >= 4 is 34.5 Å². The molecule has 5 nitrogen and oxygen atoms in total. The van der Waals surface area contributed by atoms with E-state index in [2.05, 4.69) is 10.3 Å². The number of amides is 2. The Morgan fingerprint density at radius 1 is 1.36 bits per heavy atom. The molecule has 1 aliphatic carbocycles. The van der Waals surface area contributed by atoms with E-state index in [1.165, 1.54) is 11.8 Å². The minimum atomic E-state index is -0.399. The number of carbonyl (C=O) groups is 2. The van der Waals surface area contributed by atoms with Gasteiger partial charge in [0.1, 0.15) is 0 Å². The Balaban J connectivity index is 1.99. The molecule has 114 valence electrons. The van der Waals surface area contributed by atoms with Crippen molar-refractivity contribution < 1.29 is 9.59 Å². The highest BCUT2D eigenvalue weighted by molar-refractivity contribution is 8.00. The molecule has 1 heterocycles. The van der Waals surface area contributed by atoms with Gasteiger partial charge in [-0.1, -0.05) is 30.0 Å². The quantitative estimate of drug-likeness (QED) is 0.827. The number of nitrogens with one attached hydrogen (secondary N) is 1. The van der Waals surface area contributed by atoms with E-state index in [1.807, 2.05) is 24.3 Å². The molecule has 22 heavy (non-hydrogen) atoms. The van der Waals surface area contributed by atoms with Crippen molar-refractivity contribution in [3.05, 3.63) is 35.9 Å². The number of nitrogens with zero attached hydrogens (tertiary/aromatic N) is 1. The Hall–Kier alpha value is -2.08. The van der Waals surface area contributed by atoms with Crippen molar-refractivity contribution in [1.82, 2.24) is 10.3 Å². The van der Waals surface area contributed by atoms with Crippen molar-refractivity contribution in [2.45, 2.75) is 36.1 Å². The van der Waals surface area contributed by atoms with Crippen molar-refractivity contribution in [3.63, 3.8) is 0 Å². The van der Waals surface area contributed by atoms with Crippen LogP contribution in [-0.4, -0.2) is 28.1 Å². The van der Waals surface area contributed by atoms with Gasteiger partial charge in [-0.15, -0.1) is 0 Å². The van der Waals surface area contributed by atoms with Gasteiger partial charge in [-0.05, 0) is 31.9 Å². The Kier molecular flexibility index (Phi) is 4.02. The van der Waals surface area contributed by atoms with Crippen LogP contribution < -0.4 is 11.1 Å². The third-order valence-electron chi connectivity index (χ3n) is 3.55. The second-order valence-electron chi connectivity index (χ2n) is 5.44. The Morgan fingerprint density at radius 3 is 2.77 bits per heavy atom. The van der Waals surface area contributed by atoms with Crippen LogP contribution in [0.5, 0.6) is 0 Å². The monoisotopic (exact) mass is 315 g/mol. The normalized spacial score (nSPS) is 15.5. The van der Waals surface area contributed by atoms with Crippen LogP contribution in [0.3, 0.4) is 0 Å². The number of benzene rings is 1. The molecule has 3 rings (SSSR count). The first kappa shape index (κ1) is 14.8. The van der Waals surface area contributed by atoms with Gasteiger partial charge in [-0.2, -0.15) is 0 Å². The first-order valence-corrected chi connectivity index (χ1v) is 8.09. The number of pyridine rings is 1. The van der Waals surface area contributed by atoms with E-state index in [4.69, 9.17) is 5.73 Å². The van der Waals surface area contributed by atoms with Gasteiger partial charge in [0.2, 0.25) is 5.91 Å². The number of carbonyl (C=O) groups excluding carboxylic acids is 2. The largest absolute Gasteiger partial charge is 0.369 e. The predicted molar refractivity (Wildman–Crippen MR) is 86.7 cm³/mol. The number of primary amides is 1. The van der Waals surface area contributed by atoms with Gasteiger partial charge >= 0.3 is 0 Å². The molecule has 1 atom stereocenters. The van der Waals surface area contributed by atoms with Gasteiger partial charge in [0.25, 0.3) is 5.91 Å². The lowest BCUT2D eigenvalue weighted by molar-refractivity contribution is -0.117. The molecule has 3 N–H and O–H groups in total. The fourth-order valence-corrected chi connectivity index (χ4v) is 2.94. The lowest BCUT2D eigenvalue weighted by Crippen LogP contribution is -2.26. The van der Waals surface area contributed by atoms with Crippen LogP contribution >= 0.6 is 11.8 Å². The predicted octanol–water partition coefficient (Wildman–Crippen LogP) is 2.09. The van der Waals surface area contributed by atoms with Crippen LogP contribution in [0.2, 0.25) is 0 Å². The minimum absolute atomic E-state index is 0.0883. The van der Waals surface area contributed by atoms with Gasteiger partial charge in [-0.25, -0.2) is 4.98 Å². The van der Waals surface area contributed by atoms with E-state index >= 15 is 0 Å². The molecule has 0 unspecified atom stereocenters. The van der Waals surface area contributed by atoms with E-state index < -0.39 is 11.2 Å². The Bertz CT molecular complexity index is 743. The summed E-state index contributed by atoms with van der Waals surface area (Å²) in [5.74, 6) is -0.487. The summed E-state index contributed by atoms with van der Waals surface area (Å²) in [5, 5.41) is 4.05. The van der Waals surface area contributed by atoms with Crippen LogP contribution in [-0.2, 0) is 4.79 Å². The molecule has 0 aliphatic heterocycles. The zero-order valence-corrected chi connectivity index (χ0v) is 13.0. The van der Waals surface area contributed by atoms with Crippen LogP contribution in [0.4, 0.5) is 0 Å². The number of thioether (sulfide) groups is 1. The molecule has 2 amide bonds. The summed E-state index contributed by atoms with van der Waals surface area (Å²) < 4.78 is 0. The van der Waals surface area contributed by atoms with E-state index in [1.54, 1.807) is 13.0 Å². The van der Waals surface area contributed by atoms with Crippen LogP contribution in [0.25, 0.3) is 10.9 Å². The van der Waals surface area contributed by atoms with Crippen molar-refractivity contribution in [2.24, 2.45) is 5.73 Å². The highest BCUT2D eigenvalue weighted by Crippen LogP contribution is 2.28. The van der Waals surface area contributed by atoms with E-state index in [0.29, 0.717) is 16.6 Å². The maximum Gasteiger partial charge on any atom is 0.252 e. The van der Waals surface area contributed by atoms with Gasteiger partial charge in [0.05, 0.1) is 21.4 Å². The minimum Gasteiger partial charge on any atom is -0.369 e. The number of hydrogen-bond donors (Lipinski definition) is 2. The zero-order valence-electron chi connectivity index (χ0n) is 12.2.